The number of anilines is 2. The molecule has 0 amide bonds. The third-order valence-electron chi connectivity index (χ3n) is 6.11. The lowest BCUT2D eigenvalue weighted by molar-refractivity contribution is 0.843. The van der Waals surface area contributed by atoms with Gasteiger partial charge in [-0.15, -0.1) is 0 Å². The number of nitrogens with zero attached hydrogens (tertiary/aromatic N) is 2. The summed E-state index contributed by atoms with van der Waals surface area (Å²) in [6, 6.07) is 6.90. The molecule has 1 aliphatic carbocycles. The summed E-state index contributed by atoms with van der Waals surface area (Å²) in [6.07, 6.45) is 12.5. The zero-order valence-corrected chi connectivity index (χ0v) is 19.0. The topological polar surface area (TPSA) is 6.48 Å². The minimum absolute atomic E-state index is 0.460. The van der Waals surface area contributed by atoms with Crippen LogP contribution in [0.25, 0.3) is 5.57 Å². The van der Waals surface area contributed by atoms with Crippen molar-refractivity contribution in [2.75, 3.05) is 23.4 Å². The summed E-state index contributed by atoms with van der Waals surface area (Å²) in [5, 5.41) is 0. The zero-order chi connectivity index (χ0) is 21.1. The Morgan fingerprint density at radius 3 is 2.55 bits per heavy atom. The molecule has 0 spiro atoms. The SMILES string of the molecule is C=C1C=C(C(C)C)c2cc(N(C)/C(C3=CCCC=C3)=C(/C)CC)ccc2N1CC. The van der Waals surface area contributed by atoms with Crippen LogP contribution in [0.3, 0.4) is 0 Å². The van der Waals surface area contributed by atoms with Gasteiger partial charge in [0.25, 0.3) is 0 Å². The van der Waals surface area contributed by atoms with Gasteiger partial charge in [-0.05, 0) is 80.0 Å². The fourth-order valence-electron chi connectivity index (χ4n) is 4.35. The van der Waals surface area contributed by atoms with Gasteiger partial charge in [-0.1, -0.05) is 45.6 Å². The van der Waals surface area contributed by atoms with Gasteiger partial charge in [-0.3, -0.25) is 0 Å². The molecule has 0 radical (unpaired) electrons. The van der Waals surface area contributed by atoms with Crippen molar-refractivity contribution in [3.05, 3.63) is 77.2 Å². The number of fused-ring (bicyclic) bond motifs is 1. The van der Waals surface area contributed by atoms with Crippen LogP contribution in [0.15, 0.2) is 71.6 Å². The molecule has 0 aromatic heterocycles. The second kappa shape index (κ2) is 8.90. The van der Waals surface area contributed by atoms with E-state index in [0.717, 1.165) is 31.5 Å². The standard InChI is InChI=1S/C27H36N2/c1-8-20(5)27(22-13-11-10-12-14-22)28(7)23-15-16-26-25(18-23)24(19(3)4)17-21(6)29(26)9-2/h11,13-19H,6,8-10,12H2,1-5,7H3/b27-20-. The van der Waals surface area contributed by atoms with Gasteiger partial charge < -0.3 is 9.80 Å². The number of rotatable bonds is 6. The van der Waals surface area contributed by atoms with Crippen LogP contribution in [0.2, 0.25) is 0 Å². The van der Waals surface area contributed by atoms with Crippen molar-refractivity contribution in [2.24, 2.45) is 5.92 Å². The first-order chi connectivity index (χ1) is 13.9. The van der Waals surface area contributed by atoms with Gasteiger partial charge >= 0.3 is 0 Å². The predicted molar refractivity (Wildman–Crippen MR) is 129 cm³/mol. The molecule has 2 aliphatic rings. The maximum Gasteiger partial charge on any atom is 0.0488 e. The van der Waals surface area contributed by atoms with Crippen molar-refractivity contribution in [3.63, 3.8) is 0 Å². The van der Waals surface area contributed by atoms with Crippen molar-refractivity contribution < 1.29 is 0 Å². The minimum atomic E-state index is 0.460. The largest absolute Gasteiger partial charge is 0.344 e. The van der Waals surface area contributed by atoms with Gasteiger partial charge in [-0.2, -0.15) is 0 Å². The van der Waals surface area contributed by atoms with Gasteiger partial charge in [0.05, 0.1) is 0 Å². The first kappa shape index (κ1) is 21.2. The van der Waals surface area contributed by atoms with E-state index in [2.05, 4.69) is 101 Å². The molecule has 0 saturated carbocycles. The Morgan fingerprint density at radius 1 is 1.21 bits per heavy atom. The third kappa shape index (κ3) is 4.12. The van der Waals surface area contributed by atoms with Crippen LogP contribution in [-0.4, -0.2) is 13.6 Å². The molecule has 154 valence electrons. The molecule has 0 atom stereocenters. The highest BCUT2D eigenvalue weighted by Gasteiger charge is 2.24. The molecule has 3 rings (SSSR count). The molecule has 2 nitrogen and oxygen atoms in total. The maximum atomic E-state index is 4.30. The fraction of sp³-hybridized carbons (Fsp3) is 0.407. The van der Waals surface area contributed by atoms with Crippen LogP contribution in [0, 0.1) is 5.92 Å². The van der Waals surface area contributed by atoms with Crippen LogP contribution < -0.4 is 9.80 Å². The van der Waals surface area contributed by atoms with E-state index in [-0.39, 0.29) is 0 Å². The Balaban J connectivity index is 2.10. The zero-order valence-electron chi connectivity index (χ0n) is 19.0. The Labute approximate surface area is 177 Å². The minimum Gasteiger partial charge on any atom is -0.344 e. The van der Waals surface area contributed by atoms with Gasteiger partial charge in [0.15, 0.2) is 0 Å². The summed E-state index contributed by atoms with van der Waals surface area (Å²) < 4.78 is 0. The molecule has 1 heterocycles. The van der Waals surface area contributed by atoms with Crippen molar-refractivity contribution in [3.8, 4) is 0 Å². The molecule has 0 N–H and O–H groups in total. The van der Waals surface area contributed by atoms with E-state index < -0.39 is 0 Å². The molecule has 1 aliphatic heterocycles. The quantitative estimate of drug-likeness (QED) is 0.498. The van der Waals surface area contributed by atoms with E-state index in [1.807, 2.05) is 0 Å². The number of likely N-dealkylation sites (N-methyl/N-ethyl adjacent to an activating group) is 2. The van der Waals surface area contributed by atoms with Gasteiger partial charge in [-0.25, -0.2) is 0 Å². The van der Waals surface area contributed by atoms with Crippen LogP contribution >= 0.6 is 0 Å². The van der Waals surface area contributed by atoms with E-state index in [1.165, 1.54) is 39.4 Å². The first-order valence-corrected chi connectivity index (χ1v) is 11.0. The summed E-state index contributed by atoms with van der Waals surface area (Å²) in [5.74, 6) is 0.460. The number of allylic oxidation sites excluding steroid dienone is 6. The lowest BCUT2D eigenvalue weighted by Crippen LogP contribution is -2.26. The van der Waals surface area contributed by atoms with Gasteiger partial charge in [0.2, 0.25) is 0 Å². The van der Waals surface area contributed by atoms with Crippen molar-refractivity contribution in [1.29, 1.82) is 0 Å². The second-order valence-corrected chi connectivity index (χ2v) is 8.37. The highest BCUT2D eigenvalue weighted by atomic mass is 15.1. The summed E-state index contributed by atoms with van der Waals surface area (Å²) in [6.45, 7) is 16.5. The second-order valence-electron chi connectivity index (χ2n) is 8.37. The van der Waals surface area contributed by atoms with E-state index in [0.29, 0.717) is 5.92 Å². The lowest BCUT2D eigenvalue weighted by Gasteiger charge is -2.34. The molecular formula is C27H36N2. The van der Waals surface area contributed by atoms with Crippen LogP contribution in [0.5, 0.6) is 0 Å². The first-order valence-electron chi connectivity index (χ1n) is 11.0. The molecule has 29 heavy (non-hydrogen) atoms. The number of hydrogen-bond donors (Lipinski definition) is 0. The van der Waals surface area contributed by atoms with Crippen molar-refractivity contribution in [2.45, 2.75) is 53.9 Å². The average molecular weight is 389 g/mol. The fourth-order valence-corrected chi connectivity index (χ4v) is 4.35. The predicted octanol–water partition coefficient (Wildman–Crippen LogP) is 7.48. The van der Waals surface area contributed by atoms with E-state index >= 15 is 0 Å². The highest BCUT2D eigenvalue weighted by Crippen LogP contribution is 2.41. The molecule has 1 aromatic carbocycles. The lowest BCUT2D eigenvalue weighted by atomic mass is 9.89. The molecule has 0 unspecified atom stereocenters. The summed E-state index contributed by atoms with van der Waals surface area (Å²) in [5.41, 5.74) is 10.4. The maximum absolute atomic E-state index is 4.30. The number of hydrogen-bond acceptors (Lipinski definition) is 2. The summed E-state index contributed by atoms with van der Waals surface area (Å²) in [7, 11) is 2.21. The van der Waals surface area contributed by atoms with E-state index in [1.54, 1.807) is 0 Å². The van der Waals surface area contributed by atoms with Crippen LogP contribution in [0.4, 0.5) is 11.4 Å². The molecule has 1 aromatic rings. The van der Waals surface area contributed by atoms with E-state index in [4.69, 9.17) is 0 Å². The molecule has 0 bridgehead atoms. The average Bonchev–Trinajstić information content (AvgIpc) is 2.73. The smallest absolute Gasteiger partial charge is 0.0488 e. The number of benzene rings is 1. The summed E-state index contributed by atoms with van der Waals surface area (Å²) >= 11 is 0. The Morgan fingerprint density at radius 2 is 1.97 bits per heavy atom. The molecule has 0 saturated heterocycles. The van der Waals surface area contributed by atoms with Crippen LogP contribution in [-0.2, 0) is 0 Å². The Hall–Kier alpha value is -2.48. The Kier molecular flexibility index (Phi) is 6.52. The van der Waals surface area contributed by atoms with Gasteiger partial charge in [0, 0.05) is 41.9 Å². The van der Waals surface area contributed by atoms with E-state index in [9.17, 15) is 0 Å². The highest BCUT2D eigenvalue weighted by molar-refractivity contribution is 5.87. The van der Waals surface area contributed by atoms with Crippen molar-refractivity contribution >= 4 is 16.9 Å². The molecular weight excluding hydrogens is 352 g/mol. The summed E-state index contributed by atoms with van der Waals surface area (Å²) in [4.78, 5) is 4.68. The Bertz CT molecular complexity index is 908. The normalized spacial score (nSPS) is 17.1. The van der Waals surface area contributed by atoms with Gasteiger partial charge in [0.1, 0.15) is 0 Å². The molecule has 0 fully saturated rings. The van der Waals surface area contributed by atoms with Crippen LogP contribution in [0.1, 0.15) is 59.4 Å². The third-order valence-corrected chi connectivity index (χ3v) is 6.11. The molecule has 2 heteroatoms. The van der Waals surface area contributed by atoms with Crippen molar-refractivity contribution in [1.82, 2.24) is 0 Å². The monoisotopic (exact) mass is 388 g/mol.